The Bertz CT molecular complexity index is 54.0. The summed E-state index contributed by atoms with van der Waals surface area (Å²) in [5, 5.41) is 8.29. The smallest absolute Gasteiger partial charge is 0.0585 e. The Kier molecular flexibility index (Phi) is 3.65. The predicted molar refractivity (Wildman–Crippen MR) is 29.9 cm³/mol. The number of aliphatic hydroxyl groups excluding tert-OH is 1. The molecule has 0 aromatic carbocycles. The molecule has 0 amide bonds. The van der Waals surface area contributed by atoms with Crippen molar-refractivity contribution in [1.82, 2.24) is 0 Å². The third kappa shape index (κ3) is 3.49. The zero-order valence-corrected chi connectivity index (χ0v) is 4.30. The molecule has 0 saturated carbocycles. The van der Waals surface area contributed by atoms with Crippen molar-refractivity contribution in [1.29, 1.82) is 0 Å². The van der Waals surface area contributed by atoms with Gasteiger partial charge in [-0.15, -0.1) is 6.58 Å². The summed E-state index contributed by atoms with van der Waals surface area (Å²) in [6, 6.07) is -0.113. The lowest BCUT2D eigenvalue weighted by molar-refractivity contribution is 0.266. The zero-order valence-electron chi connectivity index (χ0n) is 4.30. The van der Waals surface area contributed by atoms with E-state index in [1.807, 2.05) is 0 Å². The Balaban J connectivity index is 2.98. The molecule has 0 saturated heterocycles. The van der Waals surface area contributed by atoms with Gasteiger partial charge in [0.2, 0.25) is 0 Å². The van der Waals surface area contributed by atoms with E-state index in [4.69, 9.17) is 10.8 Å². The largest absolute Gasteiger partial charge is 0.395 e. The summed E-state index contributed by atoms with van der Waals surface area (Å²) in [5.41, 5.74) is 5.26. The van der Waals surface area contributed by atoms with Gasteiger partial charge in [-0.25, -0.2) is 0 Å². The first-order valence-corrected chi connectivity index (χ1v) is 2.28. The van der Waals surface area contributed by atoms with Gasteiger partial charge in [-0.1, -0.05) is 6.08 Å². The summed E-state index contributed by atoms with van der Waals surface area (Å²) in [5.74, 6) is 0. The van der Waals surface area contributed by atoms with Gasteiger partial charge in [0.15, 0.2) is 0 Å². The molecule has 0 aromatic heterocycles. The summed E-state index contributed by atoms with van der Waals surface area (Å²) < 4.78 is 0. The lowest BCUT2D eigenvalue weighted by Crippen LogP contribution is -2.22. The van der Waals surface area contributed by atoms with Crippen LogP contribution in [0.3, 0.4) is 0 Å². The summed E-state index contributed by atoms with van der Waals surface area (Å²) in [6.07, 6.45) is 2.39. The van der Waals surface area contributed by atoms with Crippen molar-refractivity contribution in [2.75, 3.05) is 6.61 Å². The van der Waals surface area contributed by atoms with Crippen molar-refractivity contribution in [2.45, 2.75) is 12.5 Å². The minimum Gasteiger partial charge on any atom is -0.395 e. The summed E-state index contributed by atoms with van der Waals surface area (Å²) in [6.45, 7) is 3.51. The highest BCUT2D eigenvalue weighted by molar-refractivity contribution is 4.73. The van der Waals surface area contributed by atoms with Crippen LogP contribution in [0.15, 0.2) is 12.7 Å². The van der Waals surface area contributed by atoms with E-state index in [1.54, 1.807) is 6.08 Å². The molecule has 0 spiro atoms. The highest BCUT2D eigenvalue weighted by atomic mass is 16.3. The summed E-state index contributed by atoms with van der Waals surface area (Å²) >= 11 is 0. The molecule has 0 bridgehead atoms. The Morgan fingerprint density at radius 3 is 2.57 bits per heavy atom. The molecule has 0 unspecified atom stereocenters. The van der Waals surface area contributed by atoms with Crippen LogP contribution < -0.4 is 5.73 Å². The molecule has 0 aromatic rings. The molecule has 0 aliphatic carbocycles. The van der Waals surface area contributed by atoms with Gasteiger partial charge in [-0.3, -0.25) is 0 Å². The molecule has 3 N–H and O–H groups in total. The molecular weight excluding hydrogens is 90.1 g/mol. The molecule has 0 fully saturated rings. The fourth-order valence-corrected chi connectivity index (χ4v) is 0.289. The highest BCUT2D eigenvalue weighted by Gasteiger charge is 1.92. The standard InChI is InChI=1S/C5H11NO/c1-2-3-5(6)4-7/h2,5,7H,1,3-4,6H2/t5-/m0/s1. The van der Waals surface area contributed by atoms with E-state index < -0.39 is 0 Å². The van der Waals surface area contributed by atoms with E-state index in [9.17, 15) is 0 Å². The maximum atomic E-state index is 8.29. The second-order valence-corrected chi connectivity index (χ2v) is 1.47. The fraction of sp³-hybridized carbons (Fsp3) is 0.600. The van der Waals surface area contributed by atoms with Gasteiger partial charge in [0.25, 0.3) is 0 Å². The third-order valence-electron chi connectivity index (χ3n) is 0.704. The SMILES string of the molecule is C=CC[C@H](N)CO. The maximum absolute atomic E-state index is 8.29. The van der Waals surface area contributed by atoms with E-state index in [2.05, 4.69) is 6.58 Å². The molecule has 42 valence electrons. The van der Waals surface area contributed by atoms with E-state index in [1.165, 1.54) is 0 Å². The minimum absolute atomic E-state index is 0.0476. The van der Waals surface area contributed by atoms with Crippen molar-refractivity contribution in [3.63, 3.8) is 0 Å². The van der Waals surface area contributed by atoms with Crippen LogP contribution in [0.2, 0.25) is 0 Å². The first-order chi connectivity index (χ1) is 3.31. The molecule has 0 rings (SSSR count). The van der Waals surface area contributed by atoms with Gasteiger partial charge in [-0.05, 0) is 6.42 Å². The molecule has 0 radical (unpaired) electrons. The van der Waals surface area contributed by atoms with Crippen LogP contribution >= 0.6 is 0 Å². The zero-order chi connectivity index (χ0) is 5.70. The monoisotopic (exact) mass is 101 g/mol. The Morgan fingerprint density at radius 2 is 2.43 bits per heavy atom. The minimum atomic E-state index is -0.113. The van der Waals surface area contributed by atoms with E-state index in [0.29, 0.717) is 6.42 Å². The first-order valence-electron chi connectivity index (χ1n) is 2.28. The molecule has 0 aliphatic rings. The predicted octanol–water partition coefficient (Wildman–Crippen LogP) is -0.118. The summed E-state index contributed by atoms with van der Waals surface area (Å²) in [7, 11) is 0. The second kappa shape index (κ2) is 3.84. The van der Waals surface area contributed by atoms with Crippen molar-refractivity contribution < 1.29 is 5.11 Å². The molecule has 1 atom stereocenters. The Labute approximate surface area is 43.6 Å². The number of nitrogens with two attached hydrogens (primary N) is 1. The molecular formula is C5H11NO. The lowest BCUT2D eigenvalue weighted by atomic mass is 10.2. The summed E-state index contributed by atoms with van der Waals surface area (Å²) in [4.78, 5) is 0. The van der Waals surface area contributed by atoms with Crippen molar-refractivity contribution in [3.8, 4) is 0 Å². The van der Waals surface area contributed by atoms with Gasteiger partial charge in [0.1, 0.15) is 0 Å². The van der Waals surface area contributed by atoms with Crippen LogP contribution in [0.25, 0.3) is 0 Å². The fourth-order valence-electron chi connectivity index (χ4n) is 0.289. The van der Waals surface area contributed by atoms with Gasteiger partial charge in [0.05, 0.1) is 6.61 Å². The van der Waals surface area contributed by atoms with Gasteiger partial charge < -0.3 is 10.8 Å². The topological polar surface area (TPSA) is 46.2 Å². The van der Waals surface area contributed by atoms with E-state index >= 15 is 0 Å². The molecule has 0 heterocycles. The van der Waals surface area contributed by atoms with Crippen LogP contribution in [0.5, 0.6) is 0 Å². The van der Waals surface area contributed by atoms with Gasteiger partial charge >= 0.3 is 0 Å². The van der Waals surface area contributed by atoms with Gasteiger partial charge in [0, 0.05) is 6.04 Å². The Morgan fingerprint density at radius 1 is 1.86 bits per heavy atom. The van der Waals surface area contributed by atoms with Crippen LogP contribution in [0.1, 0.15) is 6.42 Å². The normalized spacial score (nSPS) is 13.4. The van der Waals surface area contributed by atoms with Crippen LogP contribution in [-0.2, 0) is 0 Å². The molecule has 0 aliphatic heterocycles. The lowest BCUT2D eigenvalue weighted by Gasteiger charge is -2.00. The van der Waals surface area contributed by atoms with E-state index in [-0.39, 0.29) is 12.6 Å². The quantitative estimate of drug-likeness (QED) is 0.487. The second-order valence-electron chi connectivity index (χ2n) is 1.47. The number of aliphatic hydroxyl groups is 1. The highest BCUT2D eigenvalue weighted by Crippen LogP contribution is 1.83. The van der Waals surface area contributed by atoms with Crippen LogP contribution in [0.4, 0.5) is 0 Å². The van der Waals surface area contributed by atoms with Crippen LogP contribution in [-0.4, -0.2) is 17.8 Å². The van der Waals surface area contributed by atoms with Gasteiger partial charge in [-0.2, -0.15) is 0 Å². The average Bonchev–Trinajstić information content (AvgIpc) is 1.68. The van der Waals surface area contributed by atoms with Crippen molar-refractivity contribution in [3.05, 3.63) is 12.7 Å². The average molecular weight is 101 g/mol. The molecule has 2 heteroatoms. The number of hydrogen-bond acceptors (Lipinski definition) is 2. The molecule has 2 nitrogen and oxygen atoms in total. The third-order valence-corrected chi connectivity index (χ3v) is 0.704. The van der Waals surface area contributed by atoms with Crippen molar-refractivity contribution >= 4 is 0 Å². The maximum Gasteiger partial charge on any atom is 0.0585 e. The Hall–Kier alpha value is -0.340. The van der Waals surface area contributed by atoms with E-state index in [0.717, 1.165) is 0 Å². The molecule has 7 heavy (non-hydrogen) atoms. The van der Waals surface area contributed by atoms with Crippen molar-refractivity contribution in [2.24, 2.45) is 5.73 Å². The number of hydrogen-bond donors (Lipinski definition) is 2. The van der Waals surface area contributed by atoms with Crippen LogP contribution in [0, 0.1) is 0 Å². The first kappa shape index (κ1) is 6.66. The number of rotatable bonds is 3.